The molecule has 0 bridgehead atoms. The minimum atomic E-state index is -0.196. The van der Waals surface area contributed by atoms with Crippen LogP contribution in [0.2, 0.25) is 0 Å². The van der Waals surface area contributed by atoms with Crippen molar-refractivity contribution in [2.24, 2.45) is 11.7 Å². The number of anilines is 1. The van der Waals surface area contributed by atoms with E-state index in [4.69, 9.17) is 5.73 Å². The third kappa shape index (κ3) is 2.78. The average Bonchev–Trinajstić information content (AvgIpc) is 3.13. The number of hydrogen-bond donors (Lipinski definition) is 1. The fourth-order valence-corrected chi connectivity index (χ4v) is 2.28. The van der Waals surface area contributed by atoms with Crippen LogP contribution in [0.5, 0.6) is 0 Å². The third-order valence-corrected chi connectivity index (χ3v) is 3.89. The molecule has 1 aromatic carbocycles. The fourth-order valence-electron chi connectivity index (χ4n) is 2.28. The maximum absolute atomic E-state index is 12.9. The first-order valence-electron chi connectivity index (χ1n) is 6.24. The average molecular weight is 236 g/mol. The number of likely N-dealkylation sites (N-methyl/N-ethyl adjacent to an activating group) is 1. The van der Waals surface area contributed by atoms with Gasteiger partial charge in [0.2, 0.25) is 0 Å². The number of nitrogens with two attached hydrogens (primary N) is 1. The summed E-state index contributed by atoms with van der Waals surface area (Å²) in [5.74, 6) is 0.630. The standard InChI is InChI=1S/C14H21FN2/c1-14(10-16,9-11-3-4-11)17(2)13-7-5-12(15)6-8-13/h5-8,11H,3-4,9-10,16H2,1-2H3. The maximum Gasteiger partial charge on any atom is 0.123 e. The van der Waals surface area contributed by atoms with Gasteiger partial charge in [0.15, 0.2) is 0 Å². The van der Waals surface area contributed by atoms with Crippen LogP contribution < -0.4 is 10.6 Å². The Morgan fingerprint density at radius 2 is 1.94 bits per heavy atom. The smallest absolute Gasteiger partial charge is 0.123 e. The van der Waals surface area contributed by atoms with E-state index in [2.05, 4.69) is 11.8 Å². The van der Waals surface area contributed by atoms with Crippen LogP contribution in [-0.4, -0.2) is 19.1 Å². The van der Waals surface area contributed by atoms with Crippen molar-refractivity contribution >= 4 is 5.69 Å². The molecule has 94 valence electrons. The van der Waals surface area contributed by atoms with Gasteiger partial charge in [0, 0.05) is 24.8 Å². The summed E-state index contributed by atoms with van der Waals surface area (Å²) in [5, 5.41) is 0. The van der Waals surface area contributed by atoms with E-state index in [0.29, 0.717) is 6.54 Å². The second-order valence-corrected chi connectivity index (χ2v) is 5.38. The molecule has 0 heterocycles. The molecule has 3 heteroatoms. The van der Waals surface area contributed by atoms with Crippen LogP contribution in [-0.2, 0) is 0 Å². The molecule has 1 fully saturated rings. The summed E-state index contributed by atoms with van der Waals surface area (Å²) in [6, 6.07) is 6.63. The van der Waals surface area contributed by atoms with Gasteiger partial charge in [0.05, 0.1) is 0 Å². The Labute approximate surface area is 103 Å². The Kier molecular flexibility index (Phi) is 3.38. The van der Waals surface area contributed by atoms with Crippen LogP contribution in [0.4, 0.5) is 10.1 Å². The highest BCUT2D eigenvalue weighted by Crippen LogP contribution is 2.39. The zero-order valence-corrected chi connectivity index (χ0v) is 10.6. The molecule has 0 saturated heterocycles. The van der Waals surface area contributed by atoms with Crippen molar-refractivity contribution in [2.75, 3.05) is 18.5 Å². The first-order valence-corrected chi connectivity index (χ1v) is 6.24. The largest absolute Gasteiger partial charge is 0.368 e. The van der Waals surface area contributed by atoms with Crippen molar-refractivity contribution < 1.29 is 4.39 Å². The Bertz CT molecular complexity index is 372. The van der Waals surface area contributed by atoms with Gasteiger partial charge in [0.25, 0.3) is 0 Å². The SMILES string of the molecule is CN(c1ccc(F)cc1)C(C)(CN)CC1CC1. The van der Waals surface area contributed by atoms with Crippen LogP contribution in [0, 0.1) is 11.7 Å². The van der Waals surface area contributed by atoms with Crippen molar-refractivity contribution in [1.29, 1.82) is 0 Å². The summed E-state index contributed by atoms with van der Waals surface area (Å²) < 4.78 is 12.9. The Balaban J connectivity index is 2.14. The Hall–Kier alpha value is -1.09. The van der Waals surface area contributed by atoms with E-state index in [0.717, 1.165) is 18.0 Å². The molecule has 0 amide bonds. The van der Waals surface area contributed by atoms with Crippen molar-refractivity contribution in [3.8, 4) is 0 Å². The highest BCUT2D eigenvalue weighted by atomic mass is 19.1. The molecule has 1 saturated carbocycles. The van der Waals surface area contributed by atoms with E-state index in [9.17, 15) is 4.39 Å². The second-order valence-electron chi connectivity index (χ2n) is 5.38. The first kappa shape index (κ1) is 12.4. The molecule has 1 unspecified atom stereocenters. The molecular weight excluding hydrogens is 215 g/mol. The van der Waals surface area contributed by atoms with Crippen LogP contribution >= 0.6 is 0 Å². The summed E-state index contributed by atoms with van der Waals surface area (Å²) in [6.45, 7) is 2.81. The number of hydrogen-bond acceptors (Lipinski definition) is 2. The van der Waals surface area contributed by atoms with Crippen molar-refractivity contribution in [3.63, 3.8) is 0 Å². The normalized spacial score (nSPS) is 18.8. The van der Waals surface area contributed by atoms with Crippen molar-refractivity contribution in [3.05, 3.63) is 30.1 Å². The van der Waals surface area contributed by atoms with E-state index < -0.39 is 0 Å². The summed E-state index contributed by atoms with van der Waals surface area (Å²) in [4.78, 5) is 2.19. The predicted molar refractivity (Wildman–Crippen MR) is 69.6 cm³/mol. The third-order valence-electron chi connectivity index (χ3n) is 3.89. The highest BCUT2D eigenvalue weighted by Gasteiger charge is 2.35. The highest BCUT2D eigenvalue weighted by molar-refractivity contribution is 5.48. The van der Waals surface area contributed by atoms with Gasteiger partial charge >= 0.3 is 0 Å². The van der Waals surface area contributed by atoms with Crippen LogP contribution in [0.25, 0.3) is 0 Å². The van der Waals surface area contributed by atoms with E-state index in [1.165, 1.54) is 25.0 Å². The molecule has 0 spiro atoms. The topological polar surface area (TPSA) is 29.3 Å². The molecule has 2 nitrogen and oxygen atoms in total. The molecule has 1 atom stereocenters. The summed E-state index contributed by atoms with van der Waals surface area (Å²) in [5.41, 5.74) is 6.93. The summed E-state index contributed by atoms with van der Waals surface area (Å²) >= 11 is 0. The van der Waals surface area contributed by atoms with Gasteiger partial charge < -0.3 is 10.6 Å². The molecule has 1 aromatic rings. The van der Waals surface area contributed by atoms with Gasteiger partial charge in [-0.25, -0.2) is 4.39 Å². The van der Waals surface area contributed by atoms with Crippen LogP contribution in [0.1, 0.15) is 26.2 Å². The van der Waals surface area contributed by atoms with Crippen LogP contribution in [0.15, 0.2) is 24.3 Å². The van der Waals surface area contributed by atoms with Crippen molar-refractivity contribution in [1.82, 2.24) is 0 Å². The van der Waals surface area contributed by atoms with Gasteiger partial charge in [-0.05, 0) is 43.5 Å². The quantitative estimate of drug-likeness (QED) is 0.851. The molecule has 17 heavy (non-hydrogen) atoms. The minimum absolute atomic E-state index is 0.0288. The van der Waals surface area contributed by atoms with Gasteiger partial charge in [-0.1, -0.05) is 12.8 Å². The molecule has 1 aliphatic carbocycles. The van der Waals surface area contributed by atoms with Crippen molar-refractivity contribution in [2.45, 2.75) is 31.7 Å². The molecule has 2 N–H and O–H groups in total. The Morgan fingerprint density at radius 1 is 1.35 bits per heavy atom. The first-order chi connectivity index (χ1) is 8.05. The zero-order valence-electron chi connectivity index (χ0n) is 10.6. The van der Waals surface area contributed by atoms with Crippen LogP contribution in [0.3, 0.4) is 0 Å². The molecule has 1 aliphatic rings. The van der Waals surface area contributed by atoms with E-state index in [1.54, 1.807) is 0 Å². The molecular formula is C14H21FN2. The lowest BCUT2D eigenvalue weighted by atomic mass is 9.92. The van der Waals surface area contributed by atoms with E-state index >= 15 is 0 Å². The number of halogens is 1. The van der Waals surface area contributed by atoms with E-state index in [1.807, 2.05) is 19.2 Å². The molecule has 0 aliphatic heterocycles. The number of benzene rings is 1. The van der Waals surface area contributed by atoms with Gasteiger partial charge in [-0.15, -0.1) is 0 Å². The number of nitrogens with zero attached hydrogens (tertiary/aromatic N) is 1. The zero-order chi connectivity index (χ0) is 12.5. The second kappa shape index (κ2) is 4.65. The summed E-state index contributed by atoms with van der Waals surface area (Å²) in [6.07, 6.45) is 3.77. The Morgan fingerprint density at radius 3 is 2.41 bits per heavy atom. The molecule has 0 radical (unpaired) electrons. The molecule has 2 rings (SSSR count). The monoisotopic (exact) mass is 236 g/mol. The van der Waals surface area contributed by atoms with Gasteiger partial charge in [-0.3, -0.25) is 0 Å². The van der Waals surface area contributed by atoms with Gasteiger partial charge in [0.1, 0.15) is 5.82 Å². The molecule has 0 aromatic heterocycles. The fraction of sp³-hybridized carbons (Fsp3) is 0.571. The number of rotatable bonds is 5. The lowest BCUT2D eigenvalue weighted by molar-refractivity contribution is 0.396. The summed E-state index contributed by atoms with van der Waals surface area (Å²) in [7, 11) is 2.04. The lowest BCUT2D eigenvalue weighted by Crippen LogP contribution is -2.50. The lowest BCUT2D eigenvalue weighted by Gasteiger charge is -2.40. The predicted octanol–water partition coefficient (Wildman–Crippen LogP) is 2.78. The maximum atomic E-state index is 12.9. The minimum Gasteiger partial charge on any atom is -0.368 e. The van der Waals surface area contributed by atoms with Gasteiger partial charge in [-0.2, -0.15) is 0 Å². The van der Waals surface area contributed by atoms with E-state index in [-0.39, 0.29) is 11.4 Å².